The van der Waals surface area contributed by atoms with Gasteiger partial charge in [0.15, 0.2) is 5.65 Å². The van der Waals surface area contributed by atoms with Crippen LogP contribution < -0.4 is 10.6 Å². The fraction of sp³-hybridized carbons (Fsp3) is 0.273. The number of nitrogen functional groups attached to an aromatic ring is 1. The van der Waals surface area contributed by atoms with Crippen LogP contribution >= 0.6 is 0 Å². The van der Waals surface area contributed by atoms with E-state index < -0.39 is 5.97 Å². The number of hydrogen-bond donors (Lipinski definition) is 2. The molecule has 1 unspecified atom stereocenters. The molecule has 4 heterocycles. The molecule has 8 heteroatoms. The van der Waals surface area contributed by atoms with Crippen LogP contribution in [0.2, 0.25) is 0 Å². The van der Waals surface area contributed by atoms with E-state index in [2.05, 4.69) is 21.0 Å². The van der Waals surface area contributed by atoms with Crippen LogP contribution in [0.1, 0.15) is 18.4 Å². The molecule has 1 fully saturated rings. The highest BCUT2D eigenvalue weighted by atomic mass is 16.4. The van der Waals surface area contributed by atoms with E-state index >= 15 is 0 Å². The maximum absolute atomic E-state index is 11.1. The lowest BCUT2D eigenvalue weighted by Crippen LogP contribution is -2.23. The Morgan fingerprint density at radius 1 is 1.30 bits per heavy atom. The Hall–Kier alpha value is -3.68. The summed E-state index contributed by atoms with van der Waals surface area (Å²) >= 11 is 0. The van der Waals surface area contributed by atoms with E-state index in [1.165, 1.54) is 0 Å². The molecule has 1 atom stereocenters. The van der Waals surface area contributed by atoms with Crippen molar-refractivity contribution in [2.45, 2.75) is 19.8 Å². The van der Waals surface area contributed by atoms with Crippen molar-refractivity contribution in [2.75, 3.05) is 23.7 Å². The van der Waals surface area contributed by atoms with Crippen LogP contribution in [-0.4, -0.2) is 43.7 Å². The average molecular weight is 402 g/mol. The van der Waals surface area contributed by atoms with Gasteiger partial charge in [-0.3, -0.25) is 9.78 Å². The third-order valence-electron chi connectivity index (χ3n) is 5.85. The zero-order valence-electron chi connectivity index (χ0n) is 16.6. The lowest BCUT2D eigenvalue weighted by Gasteiger charge is -2.21. The van der Waals surface area contributed by atoms with Crippen molar-refractivity contribution in [3.05, 3.63) is 48.3 Å². The van der Waals surface area contributed by atoms with Crippen molar-refractivity contribution in [1.82, 2.24) is 19.6 Å². The first kappa shape index (κ1) is 18.4. The summed E-state index contributed by atoms with van der Waals surface area (Å²) < 4.78 is 1.66. The molecule has 1 aliphatic rings. The maximum atomic E-state index is 11.1. The molecule has 1 aliphatic heterocycles. The predicted octanol–water partition coefficient (Wildman–Crippen LogP) is 3.14. The Bertz CT molecular complexity index is 1280. The van der Waals surface area contributed by atoms with Gasteiger partial charge < -0.3 is 15.7 Å². The van der Waals surface area contributed by atoms with Gasteiger partial charge >= 0.3 is 5.97 Å². The number of nitrogens with zero attached hydrogens (tertiary/aromatic N) is 5. The minimum atomic E-state index is -0.761. The van der Waals surface area contributed by atoms with Gasteiger partial charge in [-0.1, -0.05) is 18.2 Å². The number of hydrogen-bond acceptors (Lipinski definition) is 6. The second-order valence-corrected chi connectivity index (χ2v) is 7.85. The van der Waals surface area contributed by atoms with Crippen molar-refractivity contribution < 1.29 is 9.90 Å². The van der Waals surface area contributed by atoms with E-state index in [9.17, 15) is 4.79 Å². The normalized spacial score (nSPS) is 16.6. The molecule has 0 radical (unpaired) electrons. The molecule has 0 spiro atoms. The van der Waals surface area contributed by atoms with Crippen molar-refractivity contribution in [3.63, 3.8) is 0 Å². The summed E-state index contributed by atoms with van der Waals surface area (Å²) in [5.74, 6) is 0.693. The second kappa shape index (κ2) is 6.98. The van der Waals surface area contributed by atoms with Gasteiger partial charge in [0.25, 0.3) is 0 Å². The number of para-hydroxylation sites is 1. The Kier molecular flexibility index (Phi) is 4.27. The summed E-state index contributed by atoms with van der Waals surface area (Å²) in [5, 5.41) is 14.6. The van der Waals surface area contributed by atoms with Crippen LogP contribution in [0.5, 0.6) is 0 Å². The molecule has 4 aromatic rings. The molecule has 0 saturated carbocycles. The van der Waals surface area contributed by atoms with Crippen LogP contribution in [0, 0.1) is 12.8 Å². The van der Waals surface area contributed by atoms with E-state index in [4.69, 9.17) is 15.8 Å². The first-order chi connectivity index (χ1) is 14.5. The zero-order chi connectivity index (χ0) is 20.8. The average Bonchev–Trinajstić information content (AvgIpc) is 3.37. The number of rotatable bonds is 4. The number of carboxylic acid groups (broad SMARTS) is 1. The van der Waals surface area contributed by atoms with Crippen LogP contribution in [-0.2, 0) is 4.79 Å². The van der Waals surface area contributed by atoms with E-state index in [0.29, 0.717) is 18.0 Å². The maximum Gasteiger partial charge on any atom is 0.303 e. The first-order valence-corrected chi connectivity index (χ1v) is 9.97. The lowest BCUT2D eigenvalue weighted by atomic mass is 10.1. The standard InChI is InChI=1S/C22H22N6O2/c1-13-20(23)28-22(26-21(13)27-7-6-14(12-27)8-19(29)30)17(11-25-28)16-9-15-4-2-3-5-18(15)24-10-16/h2-5,9-11,14H,6-8,12,23H2,1H3,(H,29,30). The molecule has 8 nitrogen and oxygen atoms in total. The minimum absolute atomic E-state index is 0.121. The van der Waals surface area contributed by atoms with Gasteiger partial charge in [0, 0.05) is 47.8 Å². The van der Waals surface area contributed by atoms with Crippen molar-refractivity contribution in [2.24, 2.45) is 5.92 Å². The van der Waals surface area contributed by atoms with E-state index in [-0.39, 0.29) is 12.3 Å². The summed E-state index contributed by atoms with van der Waals surface area (Å²) in [6.07, 6.45) is 4.60. The largest absolute Gasteiger partial charge is 0.481 e. The Balaban J connectivity index is 1.59. The molecule has 3 aromatic heterocycles. The molecule has 0 aliphatic carbocycles. The molecular weight excluding hydrogens is 380 g/mol. The monoisotopic (exact) mass is 402 g/mol. The summed E-state index contributed by atoms with van der Waals surface area (Å²) in [5.41, 5.74) is 10.7. The van der Waals surface area contributed by atoms with Gasteiger partial charge in [0.1, 0.15) is 11.6 Å². The number of nitrogens with two attached hydrogens (primary N) is 1. The highest BCUT2D eigenvalue weighted by molar-refractivity contribution is 5.87. The third-order valence-corrected chi connectivity index (χ3v) is 5.85. The predicted molar refractivity (Wildman–Crippen MR) is 115 cm³/mol. The second-order valence-electron chi connectivity index (χ2n) is 7.85. The smallest absolute Gasteiger partial charge is 0.303 e. The number of carboxylic acids is 1. The lowest BCUT2D eigenvalue weighted by molar-refractivity contribution is -0.137. The fourth-order valence-corrected chi connectivity index (χ4v) is 4.25. The van der Waals surface area contributed by atoms with Gasteiger partial charge in [0.05, 0.1) is 11.7 Å². The van der Waals surface area contributed by atoms with Crippen molar-refractivity contribution in [3.8, 4) is 11.1 Å². The van der Waals surface area contributed by atoms with Gasteiger partial charge in [-0.15, -0.1) is 0 Å². The van der Waals surface area contributed by atoms with Gasteiger partial charge in [-0.2, -0.15) is 9.61 Å². The van der Waals surface area contributed by atoms with Crippen molar-refractivity contribution >= 4 is 34.2 Å². The number of pyridine rings is 1. The van der Waals surface area contributed by atoms with Gasteiger partial charge in [-0.05, 0) is 31.4 Å². The Morgan fingerprint density at radius 2 is 2.13 bits per heavy atom. The number of aromatic nitrogens is 4. The molecule has 1 saturated heterocycles. The molecule has 0 bridgehead atoms. The molecule has 0 amide bonds. The topological polar surface area (TPSA) is 110 Å². The SMILES string of the molecule is Cc1c(N2CCC(CC(=O)O)C2)nc2c(-c3cnc4ccccc4c3)cnn2c1N. The Labute approximate surface area is 173 Å². The molecular formula is C22H22N6O2. The first-order valence-electron chi connectivity index (χ1n) is 9.97. The summed E-state index contributed by atoms with van der Waals surface area (Å²) in [6, 6.07) is 10.0. The molecule has 5 rings (SSSR count). The van der Waals surface area contributed by atoms with Gasteiger partial charge in [0.2, 0.25) is 0 Å². The molecule has 30 heavy (non-hydrogen) atoms. The van der Waals surface area contributed by atoms with E-state index in [1.807, 2.05) is 37.4 Å². The number of fused-ring (bicyclic) bond motifs is 2. The Morgan fingerprint density at radius 3 is 2.97 bits per heavy atom. The quantitative estimate of drug-likeness (QED) is 0.540. The number of benzene rings is 1. The van der Waals surface area contributed by atoms with E-state index in [1.54, 1.807) is 10.7 Å². The molecule has 3 N–H and O–H groups in total. The van der Waals surface area contributed by atoms with Crippen LogP contribution in [0.4, 0.5) is 11.6 Å². The van der Waals surface area contributed by atoms with Crippen LogP contribution in [0.25, 0.3) is 27.7 Å². The van der Waals surface area contributed by atoms with E-state index in [0.717, 1.165) is 46.4 Å². The van der Waals surface area contributed by atoms with Crippen LogP contribution in [0.15, 0.2) is 42.7 Å². The summed E-state index contributed by atoms with van der Waals surface area (Å²) in [6.45, 7) is 3.36. The summed E-state index contributed by atoms with van der Waals surface area (Å²) in [4.78, 5) is 22.7. The number of aliphatic carboxylic acids is 1. The number of anilines is 2. The zero-order valence-corrected chi connectivity index (χ0v) is 16.6. The minimum Gasteiger partial charge on any atom is -0.481 e. The summed E-state index contributed by atoms with van der Waals surface area (Å²) in [7, 11) is 0. The van der Waals surface area contributed by atoms with Crippen LogP contribution in [0.3, 0.4) is 0 Å². The van der Waals surface area contributed by atoms with Gasteiger partial charge in [-0.25, -0.2) is 4.98 Å². The number of carbonyl (C=O) groups is 1. The third kappa shape index (κ3) is 3.01. The fourth-order valence-electron chi connectivity index (χ4n) is 4.25. The highest BCUT2D eigenvalue weighted by Crippen LogP contribution is 2.33. The van der Waals surface area contributed by atoms with Crippen molar-refractivity contribution in [1.29, 1.82) is 0 Å². The highest BCUT2D eigenvalue weighted by Gasteiger charge is 2.28. The molecule has 152 valence electrons. The molecule has 1 aromatic carbocycles.